The molecule has 1 aliphatic rings. The van der Waals surface area contributed by atoms with E-state index in [9.17, 15) is 4.79 Å². The number of piperazine rings is 1. The fourth-order valence-electron chi connectivity index (χ4n) is 5.24. The minimum absolute atomic E-state index is 0.0341. The number of ether oxygens (including phenoxy) is 1. The highest BCUT2D eigenvalue weighted by molar-refractivity contribution is 6.12. The second-order valence-corrected chi connectivity index (χ2v) is 11.7. The van der Waals surface area contributed by atoms with Crippen LogP contribution in [-0.2, 0) is 9.53 Å². The van der Waals surface area contributed by atoms with Crippen molar-refractivity contribution in [3.05, 3.63) is 101 Å². The lowest BCUT2D eigenvalue weighted by Gasteiger charge is -2.44. The van der Waals surface area contributed by atoms with Gasteiger partial charge in [-0.25, -0.2) is 0 Å². The van der Waals surface area contributed by atoms with Crippen molar-refractivity contribution in [3.8, 4) is 6.07 Å². The number of allylic oxidation sites excluding steroid dienone is 10. The van der Waals surface area contributed by atoms with E-state index in [1.165, 1.54) is 5.57 Å². The maximum Gasteiger partial charge on any atom is 0.254 e. The Hall–Kier alpha value is -3.95. The lowest BCUT2D eigenvalue weighted by Crippen LogP contribution is -2.58. The molecule has 1 aliphatic heterocycles. The Labute approximate surface area is 287 Å². The molecule has 47 heavy (non-hydrogen) atoms. The van der Waals surface area contributed by atoms with Gasteiger partial charge in [-0.3, -0.25) is 9.79 Å². The minimum Gasteiger partial charge on any atom is -0.371 e. The van der Waals surface area contributed by atoms with Gasteiger partial charge >= 0.3 is 0 Å². The van der Waals surface area contributed by atoms with Crippen LogP contribution in [0.3, 0.4) is 0 Å². The van der Waals surface area contributed by atoms with E-state index in [2.05, 4.69) is 94.4 Å². The number of methoxy groups -OCH3 is 1. The first-order valence-electron chi connectivity index (χ1n) is 17.1. The lowest BCUT2D eigenvalue weighted by atomic mass is 9.92. The van der Waals surface area contributed by atoms with E-state index in [0.717, 1.165) is 66.0 Å². The molecule has 1 saturated heterocycles. The SMILES string of the molecule is C=CN=C(C)C(/C(=C\C)c1ccccc1)=C(\C)N1CCN(C(=O)C(C)(C)OC)C(C)C1.CC.CC/C=C/C=C(C#N)\C=C(/C)CCC. The standard InChI is InChI=1S/C26H37N3O2.C13H19N.C2H6/c1-9-23(22-14-12-11-13-15-22)24(20(4)27-10-2)21(5)28-16-17-29(19(3)18-28)25(30)26(6,7)31-8;1-4-6-7-9-13(11-14)10-12(3)8-5-2;1-2/h9-15,19H,2,16-18H2,1,3-8H3;6-7,9-10H,4-5,8H2,1-3H3;1-2H3/b23-9-,24-21-,27-20?;7-6+,12-10+,13-9+;. The van der Waals surface area contributed by atoms with E-state index in [4.69, 9.17) is 10.00 Å². The van der Waals surface area contributed by atoms with Gasteiger partial charge < -0.3 is 14.5 Å². The van der Waals surface area contributed by atoms with Gasteiger partial charge in [0, 0.05) is 56.0 Å². The molecule has 2 rings (SSSR count). The number of amides is 1. The molecule has 1 aromatic rings. The Morgan fingerprint density at radius 2 is 1.79 bits per heavy atom. The van der Waals surface area contributed by atoms with E-state index in [-0.39, 0.29) is 11.9 Å². The van der Waals surface area contributed by atoms with Crippen LogP contribution in [0.5, 0.6) is 0 Å². The first-order valence-corrected chi connectivity index (χ1v) is 17.1. The summed E-state index contributed by atoms with van der Waals surface area (Å²) in [4.78, 5) is 21.7. The zero-order chi connectivity index (χ0) is 36.0. The maximum absolute atomic E-state index is 12.9. The van der Waals surface area contributed by atoms with Crippen LogP contribution in [0.1, 0.15) is 101 Å². The summed E-state index contributed by atoms with van der Waals surface area (Å²) in [6, 6.07) is 12.6. The summed E-state index contributed by atoms with van der Waals surface area (Å²) in [7, 11) is 1.59. The van der Waals surface area contributed by atoms with Crippen LogP contribution >= 0.6 is 0 Å². The molecule has 6 heteroatoms. The average molecular weight is 643 g/mol. The van der Waals surface area contributed by atoms with Crippen LogP contribution in [0.4, 0.5) is 0 Å². The van der Waals surface area contributed by atoms with Gasteiger partial charge in [0.2, 0.25) is 0 Å². The highest BCUT2D eigenvalue weighted by Crippen LogP contribution is 2.30. The third-order valence-electron chi connectivity index (χ3n) is 7.86. The summed E-state index contributed by atoms with van der Waals surface area (Å²) >= 11 is 0. The van der Waals surface area contributed by atoms with Crippen molar-refractivity contribution in [1.29, 1.82) is 5.26 Å². The van der Waals surface area contributed by atoms with Crippen LogP contribution in [0.25, 0.3) is 5.57 Å². The maximum atomic E-state index is 12.9. The Kier molecular flexibility index (Phi) is 21.4. The summed E-state index contributed by atoms with van der Waals surface area (Å²) in [5.74, 6) is 0.0341. The second kappa shape index (κ2) is 23.4. The fraction of sp³-hybridized carbons (Fsp3) is 0.488. The summed E-state index contributed by atoms with van der Waals surface area (Å²) in [6.07, 6.45) is 14.7. The molecule has 1 fully saturated rings. The summed E-state index contributed by atoms with van der Waals surface area (Å²) in [5.41, 5.74) is 6.68. The van der Waals surface area contributed by atoms with Crippen molar-refractivity contribution < 1.29 is 9.53 Å². The molecule has 1 aromatic carbocycles. The van der Waals surface area contributed by atoms with Gasteiger partial charge in [0.05, 0.1) is 11.6 Å². The number of nitriles is 1. The van der Waals surface area contributed by atoms with E-state index in [1.807, 2.05) is 69.9 Å². The summed E-state index contributed by atoms with van der Waals surface area (Å²) in [5, 5.41) is 8.85. The van der Waals surface area contributed by atoms with Crippen molar-refractivity contribution in [1.82, 2.24) is 9.80 Å². The molecule has 0 radical (unpaired) electrons. The lowest BCUT2D eigenvalue weighted by molar-refractivity contribution is -0.155. The summed E-state index contributed by atoms with van der Waals surface area (Å²) < 4.78 is 5.42. The Bertz CT molecular complexity index is 1340. The van der Waals surface area contributed by atoms with Crippen molar-refractivity contribution in [3.63, 3.8) is 0 Å². The molecule has 1 unspecified atom stereocenters. The molecule has 1 amide bonds. The minimum atomic E-state index is -0.814. The monoisotopic (exact) mass is 642 g/mol. The molecule has 1 heterocycles. The van der Waals surface area contributed by atoms with Crippen LogP contribution in [0.15, 0.2) is 101 Å². The third kappa shape index (κ3) is 14.1. The Balaban J connectivity index is 0.00000111. The van der Waals surface area contributed by atoms with Gasteiger partial charge in [0.15, 0.2) is 0 Å². The molecule has 0 aromatic heterocycles. The van der Waals surface area contributed by atoms with Crippen LogP contribution < -0.4 is 0 Å². The zero-order valence-corrected chi connectivity index (χ0v) is 31.5. The topological polar surface area (TPSA) is 68.9 Å². The molecule has 1 atom stereocenters. The Morgan fingerprint density at radius 3 is 2.28 bits per heavy atom. The zero-order valence-electron chi connectivity index (χ0n) is 31.5. The quantitative estimate of drug-likeness (QED) is 0.129. The largest absolute Gasteiger partial charge is 0.371 e. The van der Waals surface area contributed by atoms with Gasteiger partial charge in [0.25, 0.3) is 5.91 Å². The van der Waals surface area contributed by atoms with E-state index in [0.29, 0.717) is 6.54 Å². The van der Waals surface area contributed by atoms with Gasteiger partial charge in [-0.05, 0) is 84.6 Å². The molecule has 0 bridgehead atoms. The number of rotatable bonds is 12. The highest BCUT2D eigenvalue weighted by atomic mass is 16.5. The number of aliphatic imine (C=N–C) groups is 1. The number of nitrogens with zero attached hydrogens (tertiary/aromatic N) is 4. The number of carbonyl (C=O) groups excluding carboxylic acids is 1. The number of carbonyl (C=O) groups is 1. The smallest absolute Gasteiger partial charge is 0.254 e. The van der Waals surface area contributed by atoms with E-state index >= 15 is 0 Å². The van der Waals surface area contributed by atoms with Crippen LogP contribution in [0.2, 0.25) is 0 Å². The summed E-state index contributed by atoms with van der Waals surface area (Å²) in [6.45, 7) is 28.2. The van der Waals surface area contributed by atoms with E-state index < -0.39 is 5.60 Å². The predicted octanol–water partition coefficient (Wildman–Crippen LogP) is 10.1. The number of hydrogen-bond donors (Lipinski definition) is 0. The first kappa shape index (κ1) is 43.0. The molecular formula is C41H62N4O2. The fourth-order valence-corrected chi connectivity index (χ4v) is 5.24. The van der Waals surface area contributed by atoms with Gasteiger partial charge in [-0.15, -0.1) is 0 Å². The molecule has 0 spiro atoms. The molecule has 0 aliphatic carbocycles. The predicted molar refractivity (Wildman–Crippen MR) is 203 cm³/mol. The molecule has 0 saturated carbocycles. The van der Waals surface area contributed by atoms with E-state index in [1.54, 1.807) is 13.3 Å². The normalized spacial score (nSPS) is 16.8. The molecule has 6 nitrogen and oxygen atoms in total. The number of benzene rings is 1. The van der Waals surface area contributed by atoms with Gasteiger partial charge in [-0.2, -0.15) is 5.26 Å². The Morgan fingerprint density at radius 1 is 1.15 bits per heavy atom. The second-order valence-electron chi connectivity index (χ2n) is 11.7. The average Bonchev–Trinajstić information content (AvgIpc) is 3.07. The van der Waals surface area contributed by atoms with Gasteiger partial charge in [0.1, 0.15) is 5.60 Å². The molecule has 0 N–H and O–H groups in total. The first-order chi connectivity index (χ1) is 22.4. The van der Waals surface area contributed by atoms with Crippen LogP contribution in [-0.4, -0.2) is 59.8 Å². The molecule has 258 valence electrons. The van der Waals surface area contributed by atoms with Crippen molar-refractivity contribution in [2.75, 3.05) is 26.7 Å². The van der Waals surface area contributed by atoms with Crippen molar-refractivity contribution in [2.45, 2.75) is 107 Å². The van der Waals surface area contributed by atoms with Gasteiger partial charge in [-0.1, -0.05) is 94.8 Å². The van der Waals surface area contributed by atoms with Crippen molar-refractivity contribution in [2.24, 2.45) is 4.99 Å². The third-order valence-corrected chi connectivity index (χ3v) is 7.86. The molecular weight excluding hydrogens is 580 g/mol. The van der Waals surface area contributed by atoms with Crippen LogP contribution in [0, 0.1) is 11.3 Å². The highest BCUT2D eigenvalue weighted by Gasteiger charge is 2.37. The van der Waals surface area contributed by atoms with Crippen molar-refractivity contribution >= 4 is 17.2 Å². The number of hydrogen-bond acceptors (Lipinski definition) is 5.